The maximum atomic E-state index is 12.1. The lowest BCUT2D eigenvalue weighted by atomic mass is 10.0. The van der Waals surface area contributed by atoms with Gasteiger partial charge in [0, 0.05) is 18.2 Å². The van der Waals surface area contributed by atoms with E-state index in [1.54, 1.807) is 6.92 Å². The minimum Gasteiger partial charge on any atom is -0.329 e. The van der Waals surface area contributed by atoms with Crippen LogP contribution in [0.15, 0.2) is 24.3 Å². The number of rotatable bonds is 5. The van der Waals surface area contributed by atoms with Gasteiger partial charge in [0.25, 0.3) is 0 Å². The van der Waals surface area contributed by atoms with Crippen LogP contribution in [-0.2, 0) is 16.3 Å². The van der Waals surface area contributed by atoms with Crippen LogP contribution < -0.4 is 11.5 Å². The Morgan fingerprint density at radius 1 is 1.21 bits per heavy atom. The van der Waals surface area contributed by atoms with Crippen molar-refractivity contribution in [1.82, 2.24) is 0 Å². The summed E-state index contributed by atoms with van der Waals surface area (Å²) in [6.07, 6.45) is 0.965. The van der Waals surface area contributed by atoms with Gasteiger partial charge < -0.3 is 11.5 Å². The monoisotopic (exact) mass is 282 g/mol. The van der Waals surface area contributed by atoms with E-state index in [0.717, 1.165) is 12.0 Å². The Bertz CT molecular complexity index is 553. The molecule has 0 bridgehead atoms. The molecule has 0 saturated heterocycles. The summed E-state index contributed by atoms with van der Waals surface area (Å²) in [5.41, 5.74) is 13.3. The topological polar surface area (TPSA) is 86.2 Å². The van der Waals surface area contributed by atoms with Gasteiger partial charge in [-0.05, 0) is 17.5 Å². The molecule has 0 radical (unpaired) electrons. The quantitative estimate of drug-likeness (QED) is 0.836. The molecule has 1 aliphatic carbocycles. The standard InChI is InChI=1S/C14H22N2O2S/c1-3-10-5-7-11(8-6-10)12-13(14(12,16)9-15)19(17,18)4-2/h5-8,12-13H,3-4,9,15-16H2,1-2H3. The second kappa shape index (κ2) is 4.89. The number of benzene rings is 1. The van der Waals surface area contributed by atoms with E-state index in [2.05, 4.69) is 6.92 Å². The first-order valence-corrected chi connectivity index (χ1v) is 8.41. The van der Waals surface area contributed by atoms with Gasteiger partial charge >= 0.3 is 0 Å². The van der Waals surface area contributed by atoms with E-state index in [1.807, 2.05) is 24.3 Å². The lowest BCUT2D eigenvalue weighted by molar-refractivity contribution is 0.587. The van der Waals surface area contributed by atoms with Gasteiger partial charge in [-0.3, -0.25) is 0 Å². The molecule has 1 aromatic rings. The van der Waals surface area contributed by atoms with E-state index in [0.29, 0.717) is 0 Å². The predicted octanol–water partition coefficient (Wildman–Crippen LogP) is 0.806. The molecular weight excluding hydrogens is 260 g/mol. The molecule has 5 heteroatoms. The van der Waals surface area contributed by atoms with Gasteiger partial charge in [-0.15, -0.1) is 0 Å². The van der Waals surface area contributed by atoms with Crippen LogP contribution in [0.1, 0.15) is 30.9 Å². The van der Waals surface area contributed by atoms with Crippen LogP contribution in [0.3, 0.4) is 0 Å². The van der Waals surface area contributed by atoms with E-state index in [1.165, 1.54) is 5.56 Å². The molecule has 3 atom stereocenters. The first-order chi connectivity index (χ1) is 8.90. The molecule has 1 fully saturated rings. The highest BCUT2D eigenvalue weighted by Gasteiger charge is 2.67. The molecule has 4 N–H and O–H groups in total. The van der Waals surface area contributed by atoms with E-state index in [4.69, 9.17) is 11.5 Å². The van der Waals surface area contributed by atoms with Crippen LogP contribution in [-0.4, -0.2) is 31.5 Å². The Hall–Kier alpha value is -0.910. The number of hydrogen-bond donors (Lipinski definition) is 2. The molecule has 3 unspecified atom stereocenters. The molecular formula is C14H22N2O2S. The zero-order valence-electron chi connectivity index (χ0n) is 11.5. The Labute approximate surface area is 115 Å². The largest absolute Gasteiger partial charge is 0.329 e. The van der Waals surface area contributed by atoms with Gasteiger partial charge in [-0.25, -0.2) is 8.42 Å². The van der Waals surface area contributed by atoms with Gasteiger partial charge in [0.1, 0.15) is 0 Å². The number of aryl methyl sites for hydroxylation is 1. The fraction of sp³-hybridized carbons (Fsp3) is 0.571. The fourth-order valence-electron chi connectivity index (χ4n) is 2.83. The van der Waals surface area contributed by atoms with E-state index >= 15 is 0 Å². The molecule has 4 nitrogen and oxygen atoms in total. The van der Waals surface area contributed by atoms with Gasteiger partial charge in [0.05, 0.1) is 10.8 Å². The zero-order chi connectivity index (χ0) is 14.3. The van der Waals surface area contributed by atoms with Crippen molar-refractivity contribution in [3.8, 4) is 0 Å². The van der Waals surface area contributed by atoms with Gasteiger partial charge in [-0.1, -0.05) is 38.1 Å². The first-order valence-electron chi connectivity index (χ1n) is 6.70. The molecule has 19 heavy (non-hydrogen) atoms. The minimum atomic E-state index is -3.16. The molecule has 0 aromatic heterocycles. The average molecular weight is 282 g/mol. The van der Waals surface area contributed by atoms with E-state index < -0.39 is 20.6 Å². The summed E-state index contributed by atoms with van der Waals surface area (Å²) < 4.78 is 24.2. The summed E-state index contributed by atoms with van der Waals surface area (Å²) >= 11 is 0. The summed E-state index contributed by atoms with van der Waals surface area (Å²) in [4.78, 5) is 0. The van der Waals surface area contributed by atoms with Crippen molar-refractivity contribution >= 4 is 9.84 Å². The smallest absolute Gasteiger partial charge is 0.155 e. The SMILES string of the molecule is CCc1ccc(C2C(S(=O)(=O)CC)C2(N)CN)cc1. The highest BCUT2D eigenvalue weighted by molar-refractivity contribution is 7.92. The summed E-state index contributed by atoms with van der Waals surface area (Å²) in [5, 5.41) is -0.539. The van der Waals surface area contributed by atoms with Gasteiger partial charge in [0.15, 0.2) is 9.84 Å². The van der Waals surface area contributed by atoms with Crippen molar-refractivity contribution in [2.45, 2.75) is 37.0 Å². The molecule has 1 aliphatic rings. The Morgan fingerprint density at radius 3 is 2.21 bits per heavy atom. The molecule has 0 amide bonds. The summed E-state index contributed by atoms with van der Waals surface area (Å²) in [7, 11) is -3.16. The Morgan fingerprint density at radius 2 is 1.79 bits per heavy atom. The van der Waals surface area contributed by atoms with E-state index in [-0.39, 0.29) is 18.2 Å². The molecule has 1 saturated carbocycles. The fourth-order valence-corrected chi connectivity index (χ4v) is 4.85. The molecule has 0 heterocycles. The second-order valence-corrected chi connectivity index (χ2v) is 7.67. The van der Waals surface area contributed by atoms with Crippen molar-refractivity contribution in [3.05, 3.63) is 35.4 Å². The van der Waals surface area contributed by atoms with E-state index in [9.17, 15) is 8.42 Å². The maximum absolute atomic E-state index is 12.1. The summed E-state index contributed by atoms with van der Waals surface area (Å²) in [5.74, 6) is -0.0615. The van der Waals surface area contributed by atoms with Crippen molar-refractivity contribution in [1.29, 1.82) is 0 Å². The van der Waals surface area contributed by atoms with Crippen LogP contribution in [0.2, 0.25) is 0 Å². The average Bonchev–Trinajstić information content (AvgIpc) is 3.07. The lowest BCUT2D eigenvalue weighted by Gasteiger charge is -2.08. The third-order valence-corrected chi connectivity index (χ3v) is 6.48. The normalized spacial score (nSPS) is 30.3. The highest BCUT2D eigenvalue weighted by Crippen LogP contribution is 2.53. The van der Waals surface area contributed by atoms with Crippen molar-refractivity contribution in [3.63, 3.8) is 0 Å². The molecule has 0 spiro atoms. The minimum absolute atomic E-state index is 0.111. The van der Waals surface area contributed by atoms with Crippen LogP contribution in [0.25, 0.3) is 0 Å². The number of hydrogen-bond acceptors (Lipinski definition) is 4. The third kappa shape index (κ3) is 2.30. The summed E-state index contributed by atoms with van der Waals surface area (Å²) in [6, 6.07) is 8.01. The third-order valence-electron chi connectivity index (χ3n) is 4.19. The second-order valence-electron chi connectivity index (χ2n) is 5.26. The lowest BCUT2D eigenvalue weighted by Crippen LogP contribution is -2.39. The van der Waals surface area contributed by atoms with Crippen molar-refractivity contribution in [2.75, 3.05) is 12.3 Å². The van der Waals surface area contributed by atoms with Gasteiger partial charge in [0.2, 0.25) is 0 Å². The summed E-state index contributed by atoms with van der Waals surface area (Å²) in [6.45, 7) is 3.93. The maximum Gasteiger partial charge on any atom is 0.155 e. The van der Waals surface area contributed by atoms with Crippen LogP contribution in [0.5, 0.6) is 0 Å². The molecule has 2 rings (SSSR count). The van der Waals surface area contributed by atoms with Crippen molar-refractivity contribution in [2.24, 2.45) is 11.5 Å². The zero-order valence-corrected chi connectivity index (χ0v) is 12.3. The molecule has 0 aliphatic heterocycles. The van der Waals surface area contributed by atoms with Crippen LogP contribution in [0, 0.1) is 0 Å². The highest BCUT2D eigenvalue weighted by atomic mass is 32.2. The molecule has 106 valence electrons. The van der Waals surface area contributed by atoms with Gasteiger partial charge in [-0.2, -0.15) is 0 Å². The predicted molar refractivity (Wildman–Crippen MR) is 77.8 cm³/mol. The van der Waals surface area contributed by atoms with Crippen LogP contribution in [0.4, 0.5) is 0 Å². The Kier molecular flexibility index (Phi) is 3.73. The molecule has 1 aromatic carbocycles. The van der Waals surface area contributed by atoms with Crippen molar-refractivity contribution < 1.29 is 8.42 Å². The van der Waals surface area contributed by atoms with Crippen LogP contribution >= 0.6 is 0 Å². The Balaban J connectivity index is 2.34. The first kappa shape index (κ1) is 14.5. The number of sulfone groups is 1. The number of nitrogens with two attached hydrogens (primary N) is 2.